The van der Waals surface area contributed by atoms with Crippen LogP contribution in [-0.4, -0.2) is 36.2 Å². The molecule has 1 unspecified atom stereocenters. The van der Waals surface area contributed by atoms with Crippen molar-refractivity contribution in [2.45, 2.75) is 11.3 Å². The molecule has 0 saturated carbocycles. The van der Waals surface area contributed by atoms with Gasteiger partial charge >= 0.3 is 0 Å². The number of hydrogen-bond donors (Lipinski definition) is 2. The molecule has 174 valence electrons. The van der Waals surface area contributed by atoms with Crippen molar-refractivity contribution < 1.29 is 18.5 Å². The second-order valence-electron chi connectivity index (χ2n) is 7.60. The number of halogens is 1. The summed E-state index contributed by atoms with van der Waals surface area (Å²) in [5.74, 6) is 0.234. The van der Waals surface area contributed by atoms with E-state index in [1.807, 2.05) is 48.5 Å². The molecule has 3 aromatic rings. The van der Waals surface area contributed by atoms with E-state index in [0.29, 0.717) is 30.0 Å². The Labute approximate surface area is 209 Å². The fourth-order valence-corrected chi connectivity index (χ4v) is 5.42. The summed E-state index contributed by atoms with van der Waals surface area (Å²) in [7, 11) is 0.138. The third-order valence-electron chi connectivity index (χ3n) is 5.38. The molecule has 2 N–H and O–H groups in total. The summed E-state index contributed by atoms with van der Waals surface area (Å²) >= 11 is 3.36. The number of fused-ring (bicyclic) bond motifs is 1. The number of ether oxygens (including phenoxy) is 1. The Kier molecular flexibility index (Phi) is 7.59. The number of para-hydroxylation sites is 1. The predicted molar refractivity (Wildman–Crippen MR) is 137 cm³/mol. The van der Waals surface area contributed by atoms with Gasteiger partial charge in [-0.3, -0.25) is 9.59 Å². The number of methoxy groups -OCH3 is 1. The third-order valence-corrected chi connectivity index (χ3v) is 7.32. The Balaban J connectivity index is 1.23. The molecule has 0 fully saturated rings. The van der Waals surface area contributed by atoms with Crippen molar-refractivity contribution in [2.24, 2.45) is 0 Å². The molecule has 1 aliphatic heterocycles. The number of hydrogen-bond acceptors (Lipinski definition) is 4. The highest BCUT2D eigenvalue weighted by Gasteiger charge is 2.26. The maximum Gasteiger partial charge on any atom is 0.260 e. The van der Waals surface area contributed by atoms with Crippen molar-refractivity contribution in [1.29, 1.82) is 0 Å². The van der Waals surface area contributed by atoms with Crippen molar-refractivity contribution in [3.8, 4) is 16.9 Å². The first-order valence-corrected chi connectivity index (χ1v) is 12.6. The van der Waals surface area contributed by atoms with Gasteiger partial charge in [0.2, 0.25) is 0 Å². The molecule has 0 aromatic heterocycles. The van der Waals surface area contributed by atoms with Crippen molar-refractivity contribution in [3.05, 3.63) is 87.2 Å². The van der Waals surface area contributed by atoms with E-state index < -0.39 is 10.8 Å². The molecule has 3 aromatic carbocycles. The number of nitrogens with one attached hydrogen (secondary N) is 2. The molecule has 1 heterocycles. The lowest BCUT2D eigenvalue weighted by Gasteiger charge is -2.10. The van der Waals surface area contributed by atoms with E-state index in [4.69, 9.17) is 4.74 Å². The summed E-state index contributed by atoms with van der Waals surface area (Å²) < 4.78 is 18.8. The van der Waals surface area contributed by atoms with Crippen LogP contribution in [0.4, 0.5) is 0 Å². The van der Waals surface area contributed by atoms with Crippen molar-refractivity contribution in [3.63, 3.8) is 0 Å². The zero-order valence-corrected chi connectivity index (χ0v) is 20.9. The molecule has 34 heavy (non-hydrogen) atoms. The van der Waals surface area contributed by atoms with Crippen LogP contribution in [0.15, 0.2) is 81.0 Å². The van der Waals surface area contributed by atoms with E-state index in [1.165, 1.54) is 0 Å². The Morgan fingerprint density at radius 3 is 2.38 bits per heavy atom. The van der Waals surface area contributed by atoms with Gasteiger partial charge in [0.25, 0.3) is 11.8 Å². The highest BCUT2D eigenvalue weighted by atomic mass is 79.9. The number of carbonyl (C=O) groups is 2. The van der Waals surface area contributed by atoms with E-state index >= 15 is 0 Å². The molecule has 1 atom stereocenters. The van der Waals surface area contributed by atoms with Crippen LogP contribution < -0.4 is 15.4 Å². The Morgan fingerprint density at radius 1 is 0.941 bits per heavy atom. The predicted octanol–water partition coefficient (Wildman–Crippen LogP) is 4.52. The quantitative estimate of drug-likeness (QED) is 0.413. The minimum absolute atomic E-state index is 0.182. The molecule has 4 rings (SSSR count). The molecule has 0 spiro atoms. The monoisotopic (exact) mass is 538 g/mol. The number of benzene rings is 3. The average molecular weight is 539 g/mol. The minimum Gasteiger partial charge on any atom is -0.496 e. The van der Waals surface area contributed by atoms with Gasteiger partial charge in [-0.15, -0.1) is 0 Å². The van der Waals surface area contributed by atoms with Gasteiger partial charge < -0.3 is 15.4 Å². The topological polar surface area (TPSA) is 84.5 Å². The fraction of sp³-hybridized carbons (Fsp3) is 0.154. The van der Waals surface area contributed by atoms with Gasteiger partial charge in [0.1, 0.15) is 10.7 Å². The molecule has 0 saturated heterocycles. The van der Waals surface area contributed by atoms with E-state index in [9.17, 15) is 13.8 Å². The van der Waals surface area contributed by atoms with E-state index in [0.717, 1.165) is 26.9 Å². The summed E-state index contributed by atoms with van der Waals surface area (Å²) in [5.41, 5.74) is 3.26. The maximum absolute atomic E-state index is 12.6. The van der Waals surface area contributed by atoms with Crippen molar-refractivity contribution in [2.75, 3.05) is 20.2 Å². The molecule has 2 amide bonds. The Bertz CT molecular complexity index is 1290. The average Bonchev–Trinajstić information content (AvgIpc) is 3.19. The minimum atomic E-state index is -1.49. The highest BCUT2D eigenvalue weighted by Crippen LogP contribution is 2.32. The largest absolute Gasteiger partial charge is 0.496 e. The van der Waals surface area contributed by atoms with Gasteiger partial charge in [-0.05, 0) is 54.0 Å². The summed E-state index contributed by atoms with van der Waals surface area (Å²) in [6.07, 6.45) is 2.21. The first-order chi connectivity index (χ1) is 16.5. The molecule has 8 heteroatoms. The maximum atomic E-state index is 12.6. The lowest BCUT2D eigenvalue weighted by Crippen LogP contribution is -2.30. The van der Waals surface area contributed by atoms with Gasteiger partial charge in [-0.1, -0.05) is 52.3 Å². The SMILES string of the molecule is COc1ccccc1-c1ccc(C(=O)NCCCNC(=O)C2=Cc3ccc(Br)cc3S2=O)cc1. The summed E-state index contributed by atoms with van der Waals surface area (Å²) in [6, 6.07) is 20.5. The van der Waals surface area contributed by atoms with Crippen LogP contribution in [0.1, 0.15) is 22.3 Å². The molecule has 6 nitrogen and oxygen atoms in total. The van der Waals surface area contributed by atoms with Crippen LogP contribution in [0.5, 0.6) is 5.75 Å². The lowest BCUT2D eigenvalue weighted by atomic mass is 10.0. The smallest absolute Gasteiger partial charge is 0.260 e. The number of rotatable bonds is 8. The molecular formula is C26H23BrN2O4S. The first-order valence-electron chi connectivity index (χ1n) is 10.7. The second kappa shape index (κ2) is 10.8. The summed E-state index contributed by atoms with van der Waals surface area (Å²) in [4.78, 5) is 25.8. The van der Waals surface area contributed by atoms with E-state index in [-0.39, 0.29) is 16.7 Å². The lowest BCUT2D eigenvalue weighted by molar-refractivity contribution is -0.116. The molecule has 0 bridgehead atoms. The van der Waals surface area contributed by atoms with Crippen molar-refractivity contribution in [1.82, 2.24) is 10.6 Å². The molecular weight excluding hydrogens is 516 g/mol. The standard InChI is InChI=1S/C26H23BrN2O4S/c1-33-22-6-3-2-5-21(22)17-7-9-18(10-8-17)25(30)28-13-4-14-29-26(31)24-15-19-11-12-20(27)16-23(19)34(24)32/h2-3,5-12,15-16H,4,13-14H2,1H3,(H,28,30)(H,29,31). The third kappa shape index (κ3) is 5.29. The number of amides is 2. The molecule has 0 radical (unpaired) electrons. The number of carbonyl (C=O) groups excluding carboxylic acids is 2. The zero-order chi connectivity index (χ0) is 24.1. The van der Waals surface area contributed by atoms with Gasteiger partial charge in [0, 0.05) is 28.7 Å². The second-order valence-corrected chi connectivity index (χ2v) is 9.94. The first kappa shape index (κ1) is 23.9. The normalized spacial score (nSPS) is 14.2. The summed E-state index contributed by atoms with van der Waals surface area (Å²) in [6.45, 7) is 0.767. The van der Waals surface area contributed by atoms with Crippen LogP contribution >= 0.6 is 15.9 Å². The van der Waals surface area contributed by atoms with Gasteiger partial charge in [-0.2, -0.15) is 0 Å². The Hall–Kier alpha value is -3.23. The van der Waals surface area contributed by atoms with Crippen LogP contribution in [0.2, 0.25) is 0 Å². The van der Waals surface area contributed by atoms with Crippen LogP contribution in [0, 0.1) is 0 Å². The fourth-order valence-electron chi connectivity index (χ4n) is 3.62. The van der Waals surface area contributed by atoms with Crippen LogP contribution in [-0.2, 0) is 15.6 Å². The van der Waals surface area contributed by atoms with E-state index in [2.05, 4.69) is 26.6 Å². The molecule has 0 aliphatic carbocycles. The Morgan fingerprint density at radius 2 is 1.65 bits per heavy atom. The van der Waals surface area contributed by atoms with Crippen LogP contribution in [0.3, 0.4) is 0 Å². The van der Waals surface area contributed by atoms with Gasteiger partial charge in [0.15, 0.2) is 0 Å². The van der Waals surface area contributed by atoms with Gasteiger partial charge in [-0.25, -0.2) is 4.21 Å². The molecule has 1 aliphatic rings. The summed E-state index contributed by atoms with van der Waals surface area (Å²) in [5, 5.41) is 5.64. The van der Waals surface area contributed by atoms with E-state index in [1.54, 1.807) is 31.4 Å². The van der Waals surface area contributed by atoms with Gasteiger partial charge in [0.05, 0.1) is 22.8 Å². The van der Waals surface area contributed by atoms with Crippen LogP contribution in [0.25, 0.3) is 17.2 Å². The van der Waals surface area contributed by atoms with Crippen molar-refractivity contribution >= 4 is 44.6 Å². The highest BCUT2D eigenvalue weighted by molar-refractivity contribution is 9.10. The zero-order valence-electron chi connectivity index (χ0n) is 18.5.